The van der Waals surface area contributed by atoms with Crippen LogP contribution in [0.25, 0.3) is 10.9 Å². The van der Waals surface area contributed by atoms with Crippen molar-refractivity contribution in [2.24, 2.45) is 0 Å². The topological polar surface area (TPSA) is 134 Å². The molecule has 11 nitrogen and oxygen atoms in total. The molecule has 0 bridgehead atoms. The summed E-state index contributed by atoms with van der Waals surface area (Å²) in [6, 6.07) is 3.18. The van der Waals surface area contributed by atoms with Gasteiger partial charge in [-0.25, -0.2) is 9.78 Å². The minimum Gasteiger partial charge on any atom is -0.497 e. The first-order valence-corrected chi connectivity index (χ1v) is 12.9. The zero-order chi connectivity index (χ0) is 27.3. The van der Waals surface area contributed by atoms with Gasteiger partial charge < -0.3 is 29.5 Å². The molecule has 3 N–H and O–H groups in total. The molecule has 5 heterocycles. The molecular formula is C27H33N3O8. The highest BCUT2D eigenvalue weighted by Crippen LogP contribution is 2.55. The second-order valence-electron chi connectivity index (χ2n) is 11.4. The third-order valence-electron chi connectivity index (χ3n) is 8.32. The van der Waals surface area contributed by atoms with Gasteiger partial charge in [-0.3, -0.25) is 14.5 Å². The highest BCUT2D eigenvalue weighted by molar-refractivity contribution is 6.02. The number of benzene rings is 1. The number of hydrogen-bond donors (Lipinski definition) is 3. The number of nitrogens with zero attached hydrogens (tertiary/aromatic N) is 3. The maximum atomic E-state index is 14.0. The Balaban J connectivity index is 1.74. The van der Waals surface area contributed by atoms with E-state index in [0.717, 1.165) is 10.5 Å². The number of aliphatic hydroxyl groups is 3. The zero-order valence-electron chi connectivity index (χ0n) is 22.0. The van der Waals surface area contributed by atoms with Gasteiger partial charge >= 0.3 is 0 Å². The summed E-state index contributed by atoms with van der Waals surface area (Å²) in [5.74, 6) is -0.750. The highest BCUT2D eigenvalue weighted by atomic mass is 17.2. The number of methoxy groups -OCH3 is 1. The standard InChI is InChI=1S/C27H33N3O8/c1-13(2)11-18-29-17-12-14(36-5)8-9-15(17)19-20(29)21(23(32)26(3,4)38-37-18)30-24(33)16-7-6-10-28(16)25(34)27(30,35)22(19)31/h8-9,11-12,16,18,21-23,31-32,35H,6-7,10H2,1-5H3/t16-,18+,21+,22-,23-,27+/m0/s1. The van der Waals surface area contributed by atoms with Crippen LogP contribution in [0.3, 0.4) is 0 Å². The second kappa shape index (κ2) is 8.27. The monoisotopic (exact) mass is 527 g/mol. The van der Waals surface area contributed by atoms with Crippen LogP contribution >= 0.6 is 0 Å². The first-order valence-electron chi connectivity index (χ1n) is 12.9. The SMILES string of the molecule is COc1ccc2c3c4n(c2c1)[C@@H](C=C(C)C)OOC(C)(C)[C@@H](O)[C@@H]4N1C(=O)[C@@H]2CCCN2C(=O)[C@]1(O)[C@H]3O. The number of fused-ring (bicyclic) bond motifs is 6. The van der Waals surface area contributed by atoms with Crippen molar-refractivity contribution >= 4 is 22.7 Å². The number of piperazine rings is 1. The van der Waals surface area contributed by atoms with Crippen LogP contribution in [0.2, 0.25) is 0 Å². The van der Waals surface area contributed by atoms with Gasteiger partial charge in [-0.15, -0.1) is 0 Å². The van der Waals surface area contributed by atoms with Gasteiger partial charge in [0.1, 0.15) is 35.6 Å². The number of amides is 2. The van der Waals surface area contributed by atoms with Gasteiger partial charge in [0.25, 0.3) is 11.6 Å². The molecule has 0 aliphatic carbocycles. The molecule has 4 aliphatic rings. The average molecular weight is 528 g/mol. The van der Waals surface area contributed by atoms with E-state index >= 15 is 0 Å². The Morgan fingerprint density at radius 3 is 2.63 bits per heavy atom. The molecule has 1 aromatic heterocycles. The summed E-state index contributed by atoms with van der Waals surface area (Å²) in [4.78, 5) is 41.9. The van der Waals surface area contributed by atoms with E-state index in [1.807, 2.05) is 19.9 Å². The highest BCUT2D eigenvalue weighted by Gasteiger charge is 2.68. The van der Waals surface area contributed by atoms with Gasteiger partial charge in [0.05, 0.1) is 18.3 Å². The summed E-state index contributed by atoms with van der Waals surface area (Å²) in [5, 5.41) is 36.3. The molecule has 0 spiro atoms. The van der Waals surface area contributed by atoms with Crippen LogP contribution < -0.4 is 4.74 Å². The molecular weight excluding hydrogens is 494 g/mol. The lowest BCUT2D eigenvalue weighted by Crippen LogP contribution is -2.76. The largest absolute Gasteiger partial charge is 0.497 e. The Hall–Kier alpha value is -2.96. The van der Waals surface area contributed by atoms with Crippen LogP contribution in [0.1, 0.15) is 70.2 Å². The van der Waals surface area contributed by atoms with E-state index in [1.54, 1.807) is 36.6 Å². The predicted octanol–water partition coefficient (Wildman–Crippen LogP) is 1.83. The molecule has 0 saturated carbocycles. The number of rotatable bonds is 2. The Morgan fingerprint density at radius 2 is 1.95 bits per heavy atom. The molecule has 2 fully saturated rings. The fourth-order valence-electron chi connectivity index (χ4n) is 6.48. The van der Waals surface area contributed by atoms with E-state index in [1.165, 1.54) is 12.0 Å². The minimum atomic E-state index is -2.61. The van der Waals surface area contributed by atoms with E-state index in [2.05, 4.69) is 0 Å². The molecule has 6 rings (SSSR count). The zero-order valence-corrected chi connectivity index (χ0v) is 22.0. The summed E-state index contributed by atoms with van der Waals surface area (Å²) >= 11 is 0. The van der Waals surface area contributed by atoms with E-state index in [4.69, 9.17) is 14.5 Å². The molecule has 2 aromatic rings. The summed E-state index contributed by atoms with van der Waals surface area (Å²) < 4.78 is 7.20. The summed E-state index contributed by atoms with van der Waals surface area (Å²) in [7, 11) is 1.53. The van der Waals surface area contributed by atoms with Crippen molar-refractivity contribution in [2.45, 2.75) is 82.4 Å². The molecule has 2 saturated heterocycles. The van der Waals surface area contributed by atoms with E-state index in [-0.39, 0.29) is 5.56 Å². The van der Waals surface area contributed by atoms with Crippen LogP contribution in [0.4, 0.5) is 0 Å². The minimum absolute atomic E-state index is 0.248. The number of hydrogen-bond acceptors (Lipinski definition) is 8. The summed E-state index contributed by atoms with van der Waals surface area (Å²) in [6.45, 7) is 7.32. The Labute approximate surface area is 219 Å². The van der Waals surface area contributed by atoms with Gasteiger partial charge in [-0.05, 0) is 58.7 Å². The molecule has 1 aromatic carbocycles. The van der Waals surface area contributed by atoms with Crippen LogP contribution in [0.5, 0.6) is 5.75 Å². The number of allylic oxidation sites excluding steroid dienone is 1. The lowest BCUT2D eigenvalue weighted by molar-refractivity contribution is -0.406. The maximum absolute atomic E-state index is 14.0. The van der Waals surface area contributed by atoms with Crippen LogP contribution in [-0.2, 0) is 19.4 Å². The van der Waals surface area contributed by atoms with Gasteiger partial charge in [0, 0.05) is 23.6 Å². The first kappa shape index (κ1) is 25.3. The summed E-state index contributed by atoms with van der Waals surface area (Å²) in [6.07, 6.45) is -1.23. The van der Waals surface area contributed by atoms with Crippen LogP contribution in [0, 0.1) is 0 Å². The van der Waals surface area contributed by atoms with Crippen LogP contribution in [-0.4, -0.2) is 78.6 Å². The lowest BCUT2D eigenvalue weighted by atomic mass is 9.78. The first-order chi connectivity index (χ1) is 17.9. The van der Waals surface area contributed by atoms with Gasteiger partial charge in [0.15, 0.2) is 6.23 Å². The van der Waals surface area contributed by atoms with Gasteiger partial charge in [-0.1, -0.05) is 5.57 Å². The molecule has 6 atom stereocenters. The molecule has 4 aliphatic heterocycles. The number of aromatic nitrogens is 1. The number of carbonyl (C=O) groups excluding carboxylic acids is 2. The van der Waals surface area contributed by atoms with Gasteiger partial charge in [-0.2, -0.15) is 0 Å². The van der Waals surface area contributed by atoms with E-state index in [0.29, 0.717) is 41.7 Å². The Bertz CT molecular complexity index is 1380. The third-order valence-corrected chi connectivity index (χ3v) is 8.32. The van der Waals surface area contributed by atoms with E-state index in [9.17, 15) is 24.9 Å². The van der Waals surface area contributed by atoms with Gasteiger partial charge in [0.2, 0.25) is 5.91 Å². The second-order valence-corrected chi connectivity index (χ2v) is 11.4. The Morgan fingerprint density at radius 1 is 1.21 bits per heavy atom. The quantitative estimate of drug-likeness (QED) is 0.398. The smallest absolute Gasteiger partial charge is 0.279 e. The van der Waals surface area contributed by atoms with Crippen molar-refractivity contribution in [1.82, 2.24) is 14.4 Å². The normalized spacial score (nSPS) is 33.8. The molecule has 204 valence electrons. The van der Waals surface area contributed by atoms with Crippen LogP contribution in [0.15, 0.2) is 29.8 Å². The molecule has 0 unspecified atom stereocenters. The molecule has 0 radical (unpaired) electrons. The molecule has 38 heavy (non-hydrogen) atoms. The van der Waals surface area contributed by atoms with Crippen molar-refractivity contribution in [3.8, 4) is 5.75 Å². The molecule has 11 heteroatoms. The number of ether oxygens (including phenoxy) is 1. The van der Waals surface area contributed by atoms with Crippen molar-refractivity contribution < 1.29 is 39.4 Å². The third kappa shape index (κ3) is 3.13. The average Bonchev–Trinajstić information content (AvgIpc) is 3.49. The Kier molecular flexibility index (Phi) is 5.51. The fraction of sp³-hybridized carbons (Fsp3) is 0.556. The fourth-order valence-corrected chi connectivity index (χ4v) is 6.48. The van der Waals surface area contributed by atoms with Crippen molar-refractivity contribution in [3.05, 3.63) is 41.1 Å². The van der Waals surface area contributed by atoms with Crippen molar-refractivity contribution in [2.75, 3.05) is 13.7 Å². The van der Waals surface area contributed by atoms with Crippen molar-refractivity contribution in [1.29, 1.82) is 0 Å². The number of aliphatic hydroxyl groups excluding tert-OH is 2. The van der Waals surface area contributed by atoms with Crippen molar-refractivity contribution in [3.63, 3.8) is 0 Å². The molecule has 2 amide bonds. The summed E-state index contributed by atoms with van der Waals surface area (Å²) in [5.41, 5.74) is -1.90. The predicted molar refractivity (Wildman–Crippen MR) is 133 cm³/mol. The number of carbonyl (C=O) groups is 2. The lowest BCUT2D eigenvalue weighted by Gasteiger charge is -2.57. The van der Waals surface area contributed by atoms with E-state index < -0.39 is 53.7 Å². The maximum Gasteiger partial charge on any atom is 0.279 e.